The molecule has 0 aliphatic carbocycles. The van der Waals surface area contributed by atoms with E-state index in [1.807, 2.05) is 6.07 Å². The SMILES string of the molecule is CC(=O)N1CCc2cc(S(=O)n3ccc(C(=O)O)c3)ccc21. The van der Waals surface area contributed by atoms with Gasteiger partial charge in [0.25, 0.3) is 0 Å². The number of carbonyl (C=O) groups excluding carboxylic acids is 1. The maximum atomic E-state index is 12.5. The number of benzene rings is 1. The zero-order valence-corrected chi connectivity index (χ0v) is 12.7. The lowest BCUT2D eigenvalue weighted by Crippen LogP contribution is -2.25. The minimum absolute atomic E-state index is 0.0101. The van der Waals surface area contributed by atoms with Crippen LogP contribution < -0.4 is 4.90 Å². The molecule has 1 N–H and O–H groups in total. The molecule has 3 rings (SSSR count). The third-order valence-corrected chi connectivity index (χ3v) is 4.90. The van der Waals surface area contributed by atoms with Gasteiger partial charge in [0, 0.05) is 31.5 Å². The van der Waals surface area contributed by atoms with Crippen LogP contribution in [-0.4, -0.2) is 31.7 Å². The van der Waals surface area contributed by atoms with E-state index < -0.39 is 17.0 Å². The van der Waals surface area contributed by atoms with E-state index in [0.717, 1.165) is 17.7 Å². The molecule has 0 saturated heterocycles. The highest BCUT2D eigenvalue weighted by molar-refractivity contribution is 7.83. The van der Waals surface area contributed by atoms with Crippen molar-refractivity contribution in [3.8, 4) is 0 Å². The van der Waals surface area contributed by atoms with Gasteiger partial charge in [-0.05, 0) is 36.2 Å². The van der Waals surface area contributed by atoms with Crippen molar-refractivity contribution in [2.24, 2.45) is 0 Å². The second-order valence-corrected chi connectivity index (χ2v) is 6.42. The standard InChI is InChI=1S/C15H14N2O4S/c1-10(18)17-7-5-11-8-13(2-3-14(11)17)22(21)16-6-4-12(9-16)15(19)20/h2-4,6,8-9H,5,7H2,1H3,(H,19,20). The third kappa shape index (κ3) is 2.43. The number of hydrogen-bond donors (Lipinski definition) is 1. The van der Waals surface area contributed by atoms with Gasteiger partial charge in [0.15, 0.2) is 11.0 Å². The van der Waals surface area contributed by atoms with Crippen LogP contribution in [0.5, 0.6) is 0 Å². The molecule has 0 radical (unpaired) electrons. The van der Waals surface area contributed by atoms with Gasteiger partial charge in [-0.25, -0.2) is 9.00 Å². The Balaban J connectivity index is 1.91. The molecular weight excluding hydrogens is 304 g/mol. The quantitative estimate of drug-likeness (QED) is 0.933. The summed E-state index contributed by atoms with van der Waals surface area (Å²) in [5, 5.41) is 8.91. The van der Waals surface area contributed by atoms with Crippen LogP contribution in [0.2, 0.25) is 0 Å². The zero-order chi connectivity index (χ0) is 15.9. The topological polar surface area (TPSA) is 79.6 Å². The number of amides is 1. The molecule has 1 aromatic carbocycles. The summed E-state index contributed by atoms with van der Waals surface area (Å²) < 4.78 is 13.9. The van der Waals surface area contributed by atoms with Crippen molar-refractivity contribution < 1.29 is 18.9 Å². The van der Waals surface area contributed by atoms with Crippen LogP contribution in [0, 0.1) is 0 Å². The fourth-order valence-electron chi connectivity index (χ4n) is 2.54. The first-order valence-corrected chi connectivity index (χ1v) is 7.82. The van der Waals surface area contributed by atoms with Crippen molar-refractivity contribution in [3.63, 3.8) is 0 Å². The van der Waals surface area contributed by atoms with Gasteiger partial charge in [-0.15, -0.1) is 0 Å². The van der Waals surface area contributed by atoms with Gasteiger partial charge in [-0.2, -0.15) is 0 Å². The van der Waals surface area contributed by atoms with Gasteiger partial charge in [0.05, 0.1) is 10.5 Å². The van der Waals surface area contributed by atoms with E-state index in [1.54, 1.807) is 17.0 Å². The lowest BCUT2D eigenvalue weighted by atomic mass is 10.2. The Kier molecular flexibility index (Phi) is 3.58. The summed E-state index contributed by atoms with van der Waals surface area (Å²) in [5.74, 6) is -1.06. The number of carboxylic acids is 1. The van der Waals surface area contributed by atoms with Crippen molar-refractivity contribution in [1.82, 2.24) is 3.97 Å². The Hall–Kier alpha value is -2.41. The highest BCUT2D eigenvalue weighted by atomic mass is 32.2. The number of anilines is 1. The van der Waals surface area contributed by atoms with Gasteiger partial charge in [-0.1, -0.05) is 0 Å². The summed E-state index contributed by atoms with van der Waals surface area (Å²) in [6.45, 7) is 2.15. The molecule has 22 heavy (non-hydrogen) atoms. The van der Waals surface area contributed by atoms with E-state index in [2.05, 4.69) is 0 Å². The lowest BCUT2D eigenvalue weighted by molar-refractivity contribution is -0.116. The van der Waals surface area contributed by atoms with E-state index in [-0.39, 0.29) is 11.5 Å². The van der Waals surface area contributed by atoms with E-state index in [9.17, 15) is 13.8 Å². The molecule has 0 fully saturated rings. The van der Waals surface area contributed by atoms with Gasteiger partial charge < -0.3 is 10.0 Å². The Bertz CT molecular complexity index is 797. The average Bonchev–Trinajstić information content (AvgIpc) is 3.12. The fourth-order valence-corrected chi connectivity index (χ4v) is 3.59. The third-order valence-electron chi connectivity index (χ3n) is 3.63. The highest BCUT2D eigenvalue weighted by Crippen LogP contribution is 2.30. The van der Waals surface area contributed by atoms with Crippen molar-refractivity contribution in [1.29, 1.82) is 0 Å². The second kappa shape index (κ2) is 5.42. The second-order valence-electron chi connectivity index (χ2n) is 5.03. The summed E-state index contributed by atoms with van der Waals surface area (Å²) in [6.07, 6.45) is 3.55. The summed E-state index contributed by atoms with van der Waals surface area (Å²) in [4.78, 5) is 24.7. The van der Waals surface area contributed by atoms with Crippen molar-refractivity contribution in [3.05, 3.63) is 47.8 Å². The van der Waals surface area contributed by atoms with Crippen LogP contribution in [0.3, 0.4) is 0 Å². The monoisotopic (exact) mass is 318 g/mol. The van der Waals surface area contributed by atoms with Crippen molar-refractivity contribution in [2.75, 3.05) is 11.4 Å². The number of hydrogen-bond acceptors (Lipinski definition) is 3. The number of aromatic carboxylic acids is 1. The largest absolute Gasteiger partial charge is 0.478 e. The molecule has 6 nitrogen and oxygen atoms in total. The first-order valence-electron chi connectivity index (χ1n) is 6.72. The maximum absolute atomic E-state index is 12.5. The van der Waals surface area contributed by atoms with Gasteiger partial charge >= 0.3 is 5.97 Å². The summed E-state index contributed by atoms with van der Waals surface area (Å²) >= 11 is 0. The Morgan fingerprint density at radius 2 is 2.05 bits per heavy atom. The predicted molar refractivity (Wildman–Crippen MR) is 81.4 cm³/mol. The molecule has 0 saturated carbocycles. The van der Waals surface area contributed by atoms with Gasteiger partial charge in [-0.3, -0.25) is 8.77 Å². The molecule has 1 unspecified atom stereocenters. The minimum atomic E-state index is -1.51. The number of fused-ring (bicyclic) bond motifs is 1. The van der Waals surface area contributed by atoms with Crippen LogP contribution >= 0.6 is 0 Å². The Morgan fingerprint density at radius 3 is 2.68 bits per heavy atom. The Morgan fingerprint density at radius 1 is 1.27 bits per heavy atom. The summed E-state index contributed by atoms with van der Waals surface area (Å²) in [5.41, 5.74) is 1.93. The average molecular weight is 318 g/mol. The summed E-state index contributed by atoms with van der Waals surface area (Å²) in [6, 6.07) is 6.72. The molecular formula is C15H14N2O4S. The molecule has 2 heterocycles. The van der Waals surface area contributed by atoms with Crippen LogP contribution in [0.25, 0.3) is 0 Å². The fraction of sp³-hybridized carbons (Fsp3) is 0.200. The smallest absolute Gasteiger partial charge is 0.337 e. The molecule has 114 valence electrons. The van der Waals surface area contributed by atoms with E-state index >= 15 is 0 Å². The first-order chi connectivity index (χ1) is 10.5. The van der Waals surface area contributed by atoms with E-state index in [1.165, 1.54) is 29.4 Å². The lowest BCUT2D eigenvalue weighted by Gasteiger charge is -2.14. The molecule has 1 amide bonds. The molecule has 1 atom stereocenters. The van der Waals surface area contributed by atoms with Crippen LogP contribution in [0.15, 0.2) is 41.6 Å². The van der Waals surface area contributed by atoms with Crippen LogP contribution in [0.1, 0.15) is 22.8 Å². The first kappa shape index (κ1) is 14.5. The van der Waals surface area contributed by atoms with Crippen molar-refractivity contribution >= 4 is 28.5 Å². The highest BCUT2D eigenvalue weighted by Gasteiger charge is 2.23. The summed E-state index contributed by atoms with van der Waals surface area (Å²) in [7, 11) is -1.51. The number of aromatic nitrogens is 1. The normalized spacial score (nSPS) is 14.7. The zero-order valence-electron chi connectivity index (χ0n) is 11.9. The molecule has 2 aromatic rings. The number of nitrogens with zero attached hydrogens (tertiary/aromatic N) is 2. The minimum Gasteiger partial charge on any atom is -0.478 e. The number of carboxylic acid groups (broad SMARTS) is 1. The maximum Gasteiger partial charge on any atom is 0.337 e. The molecule has 1 aromatic heterocycles. The molecule has 1 aliphatic rings. The van der Waals surface area contributed by atoms with Crippen LogP contribution in [0.4, 0.5) is 5.69 Å². The van der Waals surface area contributed by atoms with E-state index in [4.69, 9.17) is 5.11 Å². The molecule has 0 bridgehead atoms. The van der Waals surface area contributed by atoms with Gasteiger partial charge in [0.1, 0.15) is 0 Å². The van der Waals surface area contributed by atoms with Gasteiger partial charge in [0.2, 0.25) is 5.91 Å². The molecule has 0 spiro atoms. The molecule has 7 heteroatoms. The predicted octanol–water partition coefficient (Wildman–Crippen LogP) is 1.67. The van der Waals surface area contributed by atoms with Crippen molar-refractivity contribution in [2.45, 2.75) is 18.2 Å². The Labute approximate surface area is 129 Å². The van der Waals surface area contributed by atoms with Crippen LogP contribution in [-0.2, 0) is 22.2 Å². The molecule has 1 aliphatic heterocycles. The number of carbonyl (C=O) groups is 2. The van der Waals surface area contributed by atoms with E-state index in [0.29, 0.717) is 11.4 Å². The number of rotatable bonds is 3.